The molecule has 0 radical (unpaired) electrons. The van der Waals surface area contributed by atoms with E-state index in [1.54, 1.807) is 11.8 Å². The van der Waals surface area contributed by atoms with Gasteiger partial charge in [0.25, 0.3) is 0 Å². The monoisotopic (exact) mass is 254 g/mol. The minimum Gasteiger partial charge on any atom is -0.334 e. The van der Waals surface area contributed by atoms with Crippen molar-refractivity contribution in [3.8, 4) is 0 Å². The van der Waals surface area contributed by atoms with Crippen LogP contribution in [0.4, 0.5) is 8.78 Å². The molecule has 0 bridgehead atoms. The fourth-order valence-corrected chi connectivity index (χ4v) is 1.87. The summed E-state index contributed by atoms with van der Waals surface area (Å²) in [6.07, 6.45) is 1.84. The largest absolute Gasteiger partial charge is 0.334 e. The zero-order valence-electron chi connectivity index (χ0n) is 10.2. The van der Waals surface area contributed by atoms with Gasteiger partial charge < -0.3 is 10.6 Å². The van der Waals surface area contributed by atoms with Crippen molar-refractivity contribution < 1.29 is 13.6 Å². The molecule has 1 amide bonds. The molecule has 1 saturated carbocycles. The number of rotatable bonds is 4. The zero-order valence-corrected chi connectivity index (χ0v) is 10.2. The molecule has 1 aromatic rings. The Hall–Kier alpha value is -1.49. The minimum absolute atomic E-state index is 0.146. The Labute approximate surface area is 105 Å². The minimum atomic E-state index is -0.627. The summed E-state index contributed by atoms with van der Waals surface area (Å²) >= 11 is 0. The fourth-order valence-electron chi connectivity index (χ4n) is 1.87. The number of nitrogens with zero attached hydrogens (tertiary/aromatic N) is 1. The summed E-state index contributed by atoms with van der Waals surface area (Å²) in [5.41, 5.74) is 5.89. The van der Waals surface area contributed by atoms with Crippen molar-refractivity contribution in [3.05, 3.63) is 35.4 Å². The van der Waals surface area contributed by atoms with Crippen LogP contribution in [0, 0.1) is 11.6 Å². The summed E-state index contributed by atoms with van der Waals surface area (Å²) in [5.74, 6) is -1.44. The zero-order chi connectivity index (χ0) is 13.3. The molecule has 0 saturated heterocycles. The first kappa shape index (κ1) is 13.0. The van der Waals surface area contributed by atoms with Gasteiger partial charge in [0.05, 0.1) is 6.04 Å². The number of carbonyl (C=O) groups excluding carboxylic acids is 1. The van der Waals surface area contributed by atoms with Gasteiger partial charge >= 0.3 is 0 Å². The second-order valence-corrected chi connectivity index (χ2v) is 4.72. The molecule has 18 heavy (non-hydrogen) atoms. The van der Waals surface area contributed by atoms with Crippen LogP contribution in [0.25, 0.3) is 0 Å². The van der Waals surface area contributed by atoms with Gasteiger partial charge in [0.15, 0.2) is 0 Å². The highest BCUT2D eigenvalue weighted by atomic mass is 19.1. The molecule has 1 atom stereocenters. The Morgan fingerprint density at radius 1 is 1.50 bits per heavy atom. The van der Waals surface area contributed by atoms with E-state index >= 15 is 0 Å². The lowest BCUT2D eigenvalue weighted by Crippen LogP contribution is -2.43. The average Bonchev–Trinajstić information content (AvgIpc) is 3.11. The normalized spacial score (nSPS) is 16.4. The Kier molecular flexibility index (Phi) is 3.61. The molecule has 1 aromatic carbocycles. The Morgan fingerprint density at radius 2 is 2.17 bits per heavy atom. The molecular weight excluding hydrogens is 238 g/mol. The molecular formula is C13H16F2N2O. The molecule has 1 fully saturated rings. The van der Waals surface area contributed by atoms with Gasteiger partial charge in [0.2, 0.25) is 5.91 Å². The first-order valence-corrected chi connectivity index (χ1v) is 5.99. The van der Waals surface area contributed by atoms with Crippen LogP contribution in [0.1, 0.15) is 25.3 Å². The third-order valence-corrected chi connectivity index (χ3v) is 3.02. The predicted octanol–water partition coefficient (Wildman–Crippen LogP) is 1.80. The number of carbonyl (C=O) groups is 1. The van der Waals surface area contributed by atoms with Crippen molar-refractivity contribution in [2.75, 3.05) is 0 Å². The molecule has 3 nitrogen and oxygen atoms in total. The van der Waals surface area contributed by atoms with E-state index in [9.17, 15) is 13.6 Å². The van der Waals surface area contributed by atoms with Crippen molar-refractivity contribution in [1.82, 2.24) is 4.90 Å². The molecule has 1 aliphatic rings. The lowest BCUT2D eigenvalue weighted by Gasteiger charge is -2.24. The number of halogens is 2. The molecule has 0 spiro atoms. The Morgan fingerprint density at radius 3 is 2.67 bits per heavy atom. The third-order valence-electron chi connectivity index (χ3n) is 3.02. The van der Waals surface area contributed by atoms with Crippen LogP contribution in [-0.4, -0.2) is 22.9 Å². The van der Waals surface area contributed by atoms with E-state index in [2.05, 4.69) is 0 Å². The lowest BCUT2D eigenvalue weighted by molar-refractivity contribution is -0.133. The van der Waals surface area contributed by atoms with E-state index < -0.39 is 17.7 Å². The van der Waals surface area contributed by atoms with E-state index in [0.29, 0.717) is 5.56 Å². The summed E-state index contributed by atoms with van der Waals surface area (Å²) in [6.45, 7) is 1.76. The molecule has 0 aliphatic heterocycles. The SMILES string of the molecule is CC(N)C(=O)N(Cc1ccc(F)cc1F)C1CC1. The van der Waals surface area contributed by atoms with E-state index in [1.807, 2.05) is 0 Å². The molecule has 0 heterocycles. The van der Waals surface area contributed by atoms with Gasteiger partial charge in [-0.3, -0.25) is 4.79 Å². The van der Waals surface area contributed by atoms with Crippen LogP contribution in [0.3, 0.4) is 0 Å². The number of hydrogen-bond donors (Lipinski definition) is 1. The maximum absolute atomic E-state index is 13.5. The molecule has 0 aromatic heterocycles. The van der Waals surface area contributed by atoms with Gasteiger partial charge in [0, 0.05) is 24.2 Å². The van der Waals surface area contributed by atoms with Crippen molar-refractivity contribution in [1.29, 1.82) is 0 Å². The highest BCUT2D eigenvalue weighted by Crippen LogP contribution is 2.29. The topological polar surface area (TPSA) is 46.3 Å². The van der Waals surface area contributed by atoms with Crippen molar-refractivity contribution >= 4 is 5.91 Å². The predicted molar refractivity (Wildman–Crippen MR) is 63.6 cm³/mol. The Bertz CT molecular complexity index is 458. The van der Waals surface area contributed by atoms with Gasteiger partial charge in [0.1, 0.15) is 11.6 Å². The number of hydrogen-bond acceptors (Lipinski definition) is 2. The quantitative estimate of drug-likeness (QED) is 0.890. The maximum Gasteiger partial charge on any atom is 0.239 e. The van der Waals surface area contributed by atoms with E-state index in [0.717, 1.165) is 18.9 Å². The van der Waals surface area contributed by atoms with Crippen LogP contribution < -0.4 is 5.73 Å². The van der Waals surface area contributed by atoms with Gasteiger partial charge in [-0.05, 0) is 25.8 Å². The molecule has 1 unspecified atom stereocenters. The summed E-state index contributed by atoms with van der Waals surface area (Å²) in [7, 11) is 0. The van der Waals surface area contributed by atoms with Crippen molar-refractivity contribution in [2.45, 2.75) is 38.4 Å². The molecule has 1 aliphatic carbocycles. The van der Waals surface area contributed by atoms with E-state index in [4.69, 9.17) is 5.73 Å². The van der Waals surface area contributed by atoms with Gasteiger partial charge in [-0.2, -0.15) is 0 Å². The lowest BCUT2D eigenvalue weighted by atomic mass is 10.1. The number of amides is 1. The third kappa shape index (κ3) is 2.85. The number of nitrogens with two attached hydrogens (primary N) is 1. The maximum atomic E-state index is 13.5. The smallest absolute Gasteiger partial charge is 0.239 e. The average molecular weight is 254 g/mol. The highest BCUT2D eigenvalue weighted by molar-refractivity contribution is 5.81. The molecule has 5 heteroatoms. The summed E-state index contributed by atoms with van der Waals surface area (Å²) in [6, 6.07) is 2.94. The summed E-state index contributed by atoms with van der Waals surface area (Å²) in [4.78, 5) is 13.5. The molecule has 98 valence electrons. The Balaban J connectivity index is 2.16. The van der Waals surface area contributed by atoms with Crippen LogP contribution in [-0.2, 0) is 11.3 Å². The standard InChI is InChI=1S/C13H16F2N2O/c1-8(16)13(18)17(11-4-5-11)7-9-2-3-10(14)6-12(9)15/h2-3,6,8,11H,4-5,7,16H2,1H3. The molecule has 2 N–H and O–H groups in total. The fraction of sp³-hybridized carbons (Fsp3) is 0.462. The van der Waals surface area contributed by atoms with Gasteiger partial charge in [-0.1, -0.05) is 6.07 Å². The summed E-state index contributed by atoms with van der Waals surface area (Å²) < 4.78 is 26.4. The van der Waals surface area contributed by atoms with Gasteiger partial charge in [-0.25, -0.2) is 8.78 Å². The first-order valence-electron chi connectivity index (χ1n) is 5.99. The van der Waals surface area contributed by atoms with E-state index in [-0.39, 0.29) is 18.5 Å². The van der Waals surface area contributed by atoms with Crippen LogP contribution in [0.5, 0.6) is 0 Å². The van der Waals surface area contributed by atoms with Crippen LogP contribution >= 0.6 is 0 Å². The van der Waals surface area contributed by atoms with Gasteiger partial charge in [-0.15, -0.1) is 0 Å². The first-order chi connectivity index (χ1) is 8.49. The second-order valence-electron chi connectivity index (χ2n) is 4.72. The van der Waals surface area contributed by atoms with Crippen molar-refractivity contribution in [2.24, 2.45) is 5.73 Å². The number of benzene rings is 1. The molecule has 2 rings (SSSR count). The summed E-state index contributed by atoms with van der Waals surface area (Å²) in [5, 5.41) is 0. The van der Waals surface area contributed by atoms with Crippen molar-refractivity contribution in [3.63, 3.8) is 0 Å². The second kappa shape index (κ2) is 5.02. The highest BCUT2D eigenvalue weighted by Gasteiger charge is 2.34. The van der Waals surface area contributed by atoms with Crippen LogP contribution in [0.15, 0.2) is 18.2 Å². The van der Waals surface area contributed by atoms with Crippen LogP contribution in [0.2, 0.25) is 0 Å². The van der Waals surface area contributed by atoms with E-state index in [1.165, 1.54) is 12.1 Å².